The van der Waals surface area contributed by atoms with E-state index in [9.17, 15) is 9.90 Å². The summed E-state index contributed by atoms with van der Waals surface area (Å²) in [4.78, 5) is 10.4. The number of rotatable bonds is 1. The maximum Gasteiger partial charge on any atom is 0.155 e. The molecule has 0 aliphatic rings. The van der Waals surface area contributed by atoms with Gasteiger partial charge in [-0.25, -0.2) is 0 Å². The van der Waals surface area contributed by atoms with Gasteiger partial charge in [-0.3, -0.25) is 4.79 Å². The van der Waals surface area contributed by atoms with Crippen molar-refractivity contribution in [3.05, 3.63) is 26.1 Å². The van der Waals surface area contributed by atoms with Crippen LogP contribution in [0.25, 0.3) is 0 Å². The first-order chi connectivity index (χ1) is 5.57. The van der Waals surface area contributed by atoms with Gasteiger partial charge in [0.05, 0.1) is 15.6 Å². The predicted octanol–water partition coefficient (Wildman–Crippen LogP) is 3.27. The molecule has 1 aromatic carbocycles. The first-order valence-electron chi connectivity index (χ1n) is 2.89. The normalized spacial score (nSPS) is 9.92. The van der Waals surface area contributed by atoms with E-state index >= 15 is 0 Å². The molecule has 0 saturated carbocycles. The first-order valence-corrected chi connectivity index (χ1v) is 4.44. The lowest BCUT2D eigenvalue weighted by Crippen LogP contribution is -1.85. The van der Waals surface area contributed by atoms with Crippen LogP contribution in [0.4, 0.5) is 0 Å². The monoisotopic (exact) mass is 268 g/mol. The molecule has 0 bridgehead atoms. The van der Waals surface area contributed by atoms with Crippen molar-refractivity contribution in [2.45, 2.75) is 0 Å². The Bertz CT molecular complexity index is 312. The highest BCUT2D eigenvalue weighted by Gasteiger charge is 2.12. The van der Waals surface area contributed by atoms with Crippen LogP contribution in [0, 0.1) is 0 Å². The molecule has 1 aromatic rings. The largest absolute Gasteiger partial charge is 0.506 e. The van der Waals surface area contributed by atoms with Gasteiger partial charge in [0.15, 0.2) is 6.29 Å². The Morgan fingerprint density at radius 2 is 2.08 bits per heavy atom. The highest BCUT2D eigenvalue weighted by molar-refractivity contribution is 9.10. The average Bonchev–Trinajstić information content (AvgIpc) is 2.02. The zero-order valence-electron chi connectivity index (χ0n) is 5.64. The number of carbonyl (C=O) groups is 1. The van der Waals surface area contributed by atoms with Gasteiger partial charge >= 0.3 is 0 Å². The number of hydrogen-bond acceptors (Lipinski definition) is 2. The molecule has 0 aliphatic heterocycles. The maximum atomic E-state index is 10.4. The van der Waals surface area contributed by atoms with Crippen LogP contribution in [0.5, 0.6) is 5.75 Å². The van der Waals surface area contributed by atoms with E-state index in [2.05, 4.69) is 15.9 Å². The summed E-state index contributed by atoms with van der Waals surface area (Å²) in [5, 5.41) is 9.48. The van der Waals surface area contributed by atoms with Gasteiger partial charge < -0.3 is 5.11 Å². The maximum absolute atomic E-state index is 10.4. The van der Waals surface area contributed by atoms with E-state index in [1.165, 1.54) is 6.07 Å². The van der Waals surface area contributed by atoms with Gasteiger partial charge in [0.1, 0.15) is 5.75 Å². The number of phenolic OH excluding ortho intramolecular Hbond substituents is 1. The standard InChI is InChI=1S/C7H3BrCl2O2/c8-4-1-5(9)7(12)3(2-11)6(4)10/h1-2,12H. The number of aldehydes is 1. The lowest BCUT2D eigenvalue weighted by atomic mass is 10.2. The summed E-state index contributed by atoms with van der Waals surface area (Å²) in [6, 6.07) is 1.42. The summed E-state index contributed by atoms with van der Waals surface area (Å²) >= 11 is 14.3. The molecule has 0 fully saturated rings. The highest BCUT2D eigenvalue weighted by atomic mass is 79.9. The lowest BCUT2D eigenvalue weighted by molar-refractivity contribution is 0.112. The molecule has 0 unspecified atom stereocenters. The van der Waals surface area contributed by atoms with Gasteiger partial charge in [0.2, 0.25) is 0 Å². The number of benzene rings is 1. The minimum Gasteiger partial charge on any atom is -0.506 e. The highest BCUT2D eigenvalue weighted by Crippen LogP contribution is 2.37. The SMILES string of the molecule is O=Cc1c(O)c(Cl)cc(Br)c1Cl. The van der Waals surface area contributed by atoms with E-state index in [-0.39, 0.29) is 21.4 Å². The van der Waals surface area contributed by atoms with Crippen LogP contribution in [-0.4, -0.2) is 11.4 Å². The topological polar surface area (TPSA) is 37.3 Å². The molecule has 0 spiro atoms. The van der Waals surface area contributed by atoms with Crippen LogP contribution in [0.3, 0.4) is 0 Å². The average molecular weight is 270 g/mol. The van der Waals surface area contributed by atoms with Crippen molar-refractivity contribution in [3.8, 4) is 5.75 Å². The zero-order valence-corrected chi connectivity index (χ0v) is 8.74. The third kappa shape index (κ3) is 1.58. The molecule has 0 saturated heterocycles. The van der Waals surface area contributed by atoms with Crippen LogP contribution in [0.2, 0.25) is 10.0 Å². The van der Waals surface area contributed by atoms with Crippen molar-refractivity contribution in [1.82, 2.24) is 0 Å². The van der Waals surface area contributed by atoms with Gasteiger partial charge in [-0.05, 0) is 22.0 Å². The van der Waals surface area contributed by atoms with Gasteiger partial charge in [-0.1, -0.05) is 23.2 Å². The molecule has 0 radical (unpaired) electrons. The molecule has 0 aromatic heterocycles. The minimum atomic E-state index is -0.292. The third-order valence-electron chi connectivity index (χ3n) is 1.30. The fraction of sp³-hybridized carbons (Fsp3) is 0. The Balaban J connectivity index is 3.52. The van der Waals surface area contributed by atoms with Crippen LogP contribution in [0.15, 0.2) is 10.5 Å². The Morgan fingerprint density at radius 3 is 2.58 bits per heavy atom. The molecular formula is C7H3BrCl2O2. The molecular weight excluding hydrogens is 267 g/mol. The Morgan fingerprint density at radius 1 is 1.50 bits per heavy atom. The van der Waals surface area contributed by atoms with Crippen LogP contribution in [0.1, 0.15) is 10.4 Å². The number of hydrogen-bond donors (Lipinski definition) is 1. The summed E-state index contributed by atoms with van der Waals surface area (Å²) < 4.78 is 0.481. The predicted molar refractivity (Wildman–Crippen MR) is 51.2 cm³/mol. The molecule has 12 heavy (non-hydrogen) atoms. The number of carbonyl (C=O) groups excluding carboxylic acids is 1. The van der Waals surface area contributed by atoms with Crippen molar-refractivity contribution >= 4 is 45.4 Å². The molecule has 0 atom stereocenters. The van der Waals surface area contributed by atoms with E-state index in [1.807, 2.05) is 0 Å². The van der Waals surface area contributed by atoms with Gasteiger partial charge in [-0.2, -0.15) is 0 Å². The van der Waals surface area contributed by atoms with Crippen LogP contribution in [-0.2, 0) is 0 Å². The second-order valence-corrected chi connectivity index (χ2v) is 3.67. The van der Waals surface area contributed by atoms with E-state index in [0.717, 1.165) is 0 Å². The number of phenols is 1. The van der Waals surface area contributed by atoms with Crippen molar-refractivity contribution < 1.29 is 9.90 Å². The first kappa shape index (κ1) is 9.84. The molecule has 2 nitrogen and oxygen atoms in total. The van der Waals surface area contributed by atoms with Gasteiger partial charge in [0, 0.05) is 4.47 Å². The van der Waals surface area contributed by atoms with Crippen molar-refractivity contribution in [2.24, 2.45) is 0 Å². The summed E-state index contributed by atoms with van der Waals surface area (Å²) in [6.45, 7) is 0. The summed E-state index contributed by atoms with van der Waals surface area (Å²) in [5.74, 6) is -0.292. The van der Waals surface area contributed by atoms with Crippen LogP contribution < -0.4 is 0 Å². The Kier molecular flexibility index (Phi) is 2.99. The number of aromatic hydroxyl groups is 1. The molecule has 0 aliphatic carbocycles. The fourth-order valence-corrected chi connectivity index (χ4v) is 1.69. The fourth-order valence-electron chi connectivity index (χ4n) is 0.712. The molecule has 64 valence electrons. The molecule has 1 rings (SSSR count). The Hall–Kier alpha value is -0.250. The van der Waals surface area contributed by atoms with Crippen molar-refractivity contribution in [2.75, 3.05) is 0 Å². The van der Waals surface area contributed by atoms with E-state index in [1.54, 1.807) is 0 Å². The molecule has 0 amide bonds. The second kappa shape index (κ2) is 3.64. The van der Waals surface area contributed by atoms with Crippen molar-refractivity contribution in [3.63, 3.8) is 0 Å². The summed E-state index contributed by atoms with van der Waals surface area (Å²) in [6.07, 6.45) is 0.453. The summed E-state index contributed by atoms with van der Waals surface area (Å²) in [5.41, 5.74) is -0.00367. The third-order valence-corrected chi connectivity index (χ3v) is 2.85. The minimum absolute atomic E-state index is 0.00367. The smallest absolute Gasteiger partial charge is 0.155 e. The lowest BCUT2D eigenvalue weighted by Gasteiger charge is -2.03. The summed E-state index contributed by atoms with van der Waals surface area (Å²) in [7, 11) is 0. The van der Waals surface area contributed by atoms with Crippen molar-refractivity contribution in [1.29, 1.82) is 0 Å². The second-order valence-electron chi connectivity index (χ2n) is 2.03. The van der Waals surface area contributed by atoms with Gasteiger partial charge in [-0.15, -0.1) is 0 Å². The Labute approximate surface area is 87.2 Å². The van der Waals surface area contributed by atoms with Crippen LogP contribution >= 0.6 is 39.1 Å². The quantitative estimate of drug-likeness (QED) is 0.628. The van der Waals surface area contributed by atoms with E-state index in [4.69, 9.17) is 23.2 Å². The molecule has 0 heterocycles. The van der Waals surface area contributed by atoms with E-state index < -0.39 is 0 Å². The van der Waals surface area contributed by atoms with Gasteiger partial charge in [0.25, 0.3) is 0 Å². The van der Waals surface area contributed by atoms with E-state index in [0.29, 0.717) is 10.8 Å². The molecule has 5 heteroatoms. The number of halogens is 3. The zero-order chi connectivity index (χ0) is 9.30. The molecule has 1 N–H and O–H groups in total.